The first kappa shape index (κ1) is 13.2. The predicted octanol–water partition coefficient (Wildman–Crippen LogP) is 0.990. The molecule has 0 saturated heterocycles. The van der Waals surface area contributed by atoms with E-state index < -0.39 is 12.6 Å². The number of benzene rings is 1. The molecule has 0 aliphatic heterocycles. The maximum Gasteiger partial charge on any atom is 0.142 e. The lowest BCUT2D eigenvalue weighted by Gasteiger charge is -2.11. The summed E-state index contributed by atoms with van der Waals surface area (Å²) in [6.07, 6.45) is 1.16. The van der Waals surface area contributed by atoms with E-state index in [1.165, 1.54) is 0 Å². The molecule has 1 N–H and O–H groups in total. The molecule has 86 valence electrons. The van der Waals surface area contributed by atoms with E-state index in [-0.39, 0.29) is 0 Å². The van der Waals surface area contributed by atoms with E-state index in [1.807, 2.05) is 22.6 Å². The lowest BCUT2D eigenvalue weighted by Crippen LogP contribution is -2.29. The van der Waals surface area contributed by atoms with Crippen LogP contribution in [0.2, 0.25) is 0 Å². The number of nitrogens with zero attached hydrogens (tertiary/aromatic N) is 1. The van der Waals surface area contributed by atoms with Crippen molar-refractivity contribution in [2.45, 2.75) is 0 Å². The molecule has 0 radical (unpaired) electrons. The summed E-state index contributed by atoms with van der Waals surface area (Å²) in [6.45, 7) is -0.552. The highest BCUT2D eigenvalue weighted by Crippen LogP contribution is 2.28. The normalized spacial score (nSPS) is 10.6. The summed E-state index contributed by atoms with van der Waals surface area (Å²) in [4.78, 5) is 10.3. The molecule has 0 saturated carbocycles. The van der Waals surface area contributed by atoms with Crippen molar-refractivity contribution in [1.29, 1.82) is 0 Å². The van der Waals surface area contributed by atoms with E-state index in [2.05, 4.69) is 21.1 Å². The fourth-order valence-electron chi connectivity index (χ4n) is 1.02. The third-order valence-corrected chi connectivity index (χ3v) is 2.83. The molecule has 0 atom stereocenters. The molecule has 5 nitrogen and oxygen atoms in total. The highest BCUT2D eigenvalue weighted by molar-refractivity contribution is 14.1. The molecular weight excluding hydrogens is 393 g/mol. The van der Waals surface area contributed by atoms with Crippen molar-refractivity contribution in [2.75, 3.05) is 6.61 Å². The summed E-state index contributed by atoms with van der Waals surface area (Å²) in [7, 11) is 0. The molecule has 7 heteroatoms. The number of rotatable bonds is 4. The Kier molecular flexibility index (Phi) is 5.00. The SMILES string of the molecule is O=C([O-])COc1c(I)cc(Br)cc1/C=N\O. The summed E-state index contributed by atoms with van der Waals surface area (Å²) in [5, 5.41) is 21.6. The molecule has 0 unspecified atom stereocenters. The van der Waals surface area contributed by atoms with E-state index >= 15 is 0 Å². The van der Waals surface area contributed by atoms with E-state index in [9.17, 15) is 9.90 Å². The second-order valence-corrected chi connectivity index (χ2v) is 4.79. The van der Waals surface area contributed by atoms with Gasteiger partial charge in [-0.3, -0.25) is 0 Å². The minimum Gasteiger partial charge on any atom is -0.546 e. The molecule has 1 rings (SSSR count). The molecule has 0 aliphatic rings. The van der Waals surface area contributed by atoms with Crippen LogP contribution in [0.5, 0.6) is 5.75 Å². The van der Waals surface area contributed by atoms with Crippen molar-refractivity contribution in [3.63, 3.8) is 0 Å². The number of hydrogen-bond donors (Lipinski definition) is 1. The summed E-state index contributed by atoms with van der Waals surface area (Å²) in [5.41, 5.74) is 0.475. The highest BCUT2D eigenvalue weighted by Gasteiger charge is 2.09. The lowest BCUT2D eigenvalue weighted by molar-refractivity contribution is -0.307. The number of carboxylic acid groups (broad SMARTS) is 1. The van der Waals surface area contributed by atoms with Gasteiger partial charge in [-0.2, -0.15) is 0 Å². The molecule has 0 heterocycles. The van der Waals surface area contributed by atoms with Crippen LogP contribution in [0.25, 0.3) is 0 Å². The van der Waals surface area contributed by atoms with Gasteiger partial charge < -0.3 is 19.8 Å². The highest BCUT2D eigenvalue weighted by atomic mass is 127. The second-order valence-electron chi connectivity index (χ2n) is 2.71. The van der Waals surface area contributed by atoms with Crippen molar-refractivity contribution in [2.24, 2.45) is 5.16 Å². The smallest absolute Gasteiger partial charge is 0.142 e. The lowest BCUT2D eigenvalue weighted by atomic mass is 10.2. The maximum atomic E-state index is 10.3. The average molecular weight is 399 g/mol. The van der Waals surface area contributed by atoms with Gasteiger partial charge in [0.15, 0.2) is 0 Å². The average Bonchev–Trinajstić information content (AvgIpc) is 2.16. The summed E-state index contributed by atoms with van der Waals surface area (Å²) in [6, 6.07) is 3.40. The maximum absolute atomic E-state index is 10.3. The van der Waals surface area contributed by atoms with Gasteiger partial charge in [-0.1, -0.05) is 21.1 Å². The largest absolute Gasteiger partial charge is 0.546 e. The zero-order valence-electron chi connectivity index (χ0n) is 7.81. The van der Waals surface area contributed by atoms with Gasteiger partial charge in [0.2, 0.25) is 0 Å². The predicted molar refractivity (Wildman–Crippen MR) is 66.7 cm³/mol. The zero-order valence-corrected chi connectivity index (χ0v) is 11.6. The van der Waals surface area contributed by atoms with Crippen molar-refractivity contribution >= 4 is 50.7 Å². The van der Waals surface area contributed by atoms with Crippen molar-refractivity contribution < 1.29 is 19.8 Å². The van der Waals surface area contributed by atoms with Crippen LogP contribution in [-0.2, 0) is 4.79 Å². The Labute approximate surface area is 113 Å². The Hall–Kier alpha value is -0.830. The van der Waals surface area contributed by atoms with Crippen LogP contribution < -0.4 is 9.84 Å². The van der Waals surface area contributed by atoms with Crippen LogP contribution in [0.3, 0.4) is 0 Å². The van der Waals surface area contributed by atoms with Gasteiger partial charge >= 0.3 is 0 Å². The monoisotopic (exact) mass is 398 g/mol. The second kappa shape index (κ2) is 6.04. The quantitative estimate of drug-likeness (QED) is 0.355. The van der Waals surface area contributed by atoms with Gasteiger partial charge in [-0.15, -0.1) is 0 Å². The number of aliphatic carboxylic acids is 1. The number of halogens is 2. The van der Waals surface area contributed by atoms with E-state index in [1.54, 1.807) is 12.1 Å². The molecule has 1 aromatic carbocycles. The van der Waals surface area contributed by atoms with Crippen LogP contribution >= 0.6 is 38.5 Å². The summed E-state index contributed by atoms with van der Waals surface area (Å²) >= 11 is 5.25. The molecule has 0 amide bonds. The Bertz CT molecular complexity index is 436. The Balaban J connectivity index is 3.08. The van der Waals surface area contributed by atoms with E-state index in [4.69, 9.17) is 9.94 Å². The minimum atomic E-state index is -1.31. The topological polar surface area (TPSA) is 82.0 Å². The summed E-state index contributed by atoms with van der Waals surface area (Å²) in [5.74, 6) is -0.976. The number of hydrogen-bond acceptors (Lipinski definition) is 5. The van der Waals surface area contributed by atoms with Crippen molar-refractivity contribution in [1.82, 2.24) is 0 Å². The number of carboxylic acids is 1. The molecular formula is C9H6BrINO4-. The first-order chi connectivity index (χ1) is 7.54. The van der Waals surface area contributed by atoms with Gasteiger partial charge in [0, 0.05) is 10.0 Å². The van der Waals surface area contributed by atoms with Gasteiger partial charge in [0.25, 0.3) is 0 Å². The van der Waals surface area contributed by atoms with Gasteiger partial charge in [0.1, 0.15) is 12.4 Å². The third kappa shape index (κ3) is 3.63. The summed E-state index contributed by atoms with van der Waals surface area (Å²) < 4.78 is 6.51. The molecule has 0 bridgehead atoms. The molecule has 0 aromatic heterocycles. The van der Waals surface area contributed by atoms with Crippen LogP contribution in [0.4, 0.5) is 0 Å². The third-order valence-electron chi connectivity index (χ3n) is 1.57. The molecule has 0 fully saturated rings. The van der Waals surface area contributed by atoms with Crippen molar-refractivity contribution in [3.05, 3.63) is 25.7 Å². The zero-order chi connectivity index (χ0) is 12.1. The first-order valence-electron chi connectivity index (χ1n) is 4.03. The fraction of sp³-hybridized carbons (Fsp3) is 0.111. The minimum absolute atomic E-state index is 0.339. The van der Waals surface area contributed by atoms with Crippen LogP contribution in [-0.4, -0.2) is 24.0 Å². The van der Waals surface area contributed by atoms with Crippen LogP contribution in [0, 0.1) is 3.57 Å². The van der Waals surface area contributed by atoms with Crippen molar-refractivity contribution in [3.8, 4) is 5.75 Å². The van der Waals surface area contributed by atoms with Gasteiger partial charge in [-0.05, 0) is 34.7 Å². The van der Waals surface area contributed by atoms with E-state index in [0.717, 1.165) is 10.7 Å². The number of carbonyl (C=O) groups is 1. The molecule has 0 aliphatic carbocycles. The molecule has 0 spiro atoms. The Morgan fingerprint density at radius 1 is 1.69 bits per heavy atom. The number of ether oxygens (including phenoxy) is 1. The van der Waals surface area contributed by atoms with E-state index in [0.29, 0.717) is 14.9 Å². The van der Waals surface area contributed by atoms with Crippen LogP contribution in [0.1, 0.15) is 5.56 Å². The van der Waals surface area contributed by atoms with Crippen LogP contribution in [0.15, 0.2) is 21.8 Å². The fourth-order valence-corrected chi connectivity index (χ4v) is 2.73. The standard InChI is InChI=1S/C9H7BrINO4/c10-6-1-5(3-12-15)9(7(11)2-6)16-4-8(13)14/h1-3,15H,4H2,(H,13,14)/p-1/b12-3-. The Morgan fingerprint density at radius 3 is 2.94 bits per heavy atom. The number of oxime groups is 1. The molecule has 16 heavy (non-hydrogen) atoms. The van der Waals surface area contributed by atoms with Gasteiger partial charge in [-0.25, -0.2) is 0 Å². The van der Waals surface area contributed by atoms with Gasteiger partial charge in [0.05, 0.1) is 15.8 Å². The Morgan fingerprint density at radius 2 is 2.38 bits per heavy atom. The molecule has 1 aromatic rings. The number of carbonyl (C=O) groups excluding carboxylic acids is 1. The first-order valence-corrected chi connectivity index (χ1v) is 5.91.